The fourth-order valence-corrected chi connectivity index (χ4v) is 1.93. The van der Waals surface area contributed by atoms with Gasteiger partial charge in [0.2, 0.25) is 0 Å². The molecule has 0 saturated heterocycles. The third-order valence-electron chi connectivity index (χ3n) is 2.86. The van der Waals surface area contributed by atoms with Gasteiger partial charge in [-0.05, 0) is 30.2 Å². The number of benzene rings is 1. The van der Waals surface area contributed by atoms with E-state index < -0.39 is 5.97 Å². The zero-order valence-electron chi connectivity index (χ0n) is 10.4. The Kier molecular flexibility index (Phi) is 5.00. The lowest BCUT2D eigenvalue weighted by Crippen LogP contribution is -2.33. The van der Waals surface area contributed by atoms with E-state index in [9.17, 15) is 4.79 Å². The number of carboxylic acid groups (broad SMARTS) is 1. The van der Waals surface area contributed by atoms with E-state index >= 15 is 0 Å². The normalized spacial score (nSPS) is 12.5. The van der Waals surface area contributed by atoms with Gasteiger partial charge < -0.3 is 10.0 Å². The van der Waals surface area contributed by atoms with E-state index in [-0.39, 0.29) is 11.8 Å². The zero-order chi connectivity index (χ0) is 13.0. The summed E-state index contributed by atoms with van der Waals surface area (Å²) in [5.74, 6) is -0.946. The second-order valence-corrected chi connectivity index (χ2v) is 5.46. The fourth-order valence-electron chi connectivity index (χ4n) is 1.67. The highest BCUT2D eigenvalue weighted by Crippen LogP contribution is 2.20. The molecule has 0 heterocycles. The number of carboxylic acids is 1. The van der Waals surface area contributed by atoms with Crippen LogP contribution in [-0.4, -0.2) is 24.7 Å². The summed E-state index contributed by atoms with van der Waals surface area (Å²) in [5.41, 5.74) is 1.03. The minimum absolute atomic E-state index is 0.130. The molecule has 94 valence electrons. The highest BCUT2D eigenvalue weighted by molar-refractivity contribution is 9.10. The van der Waals surface area contributed by atoms with Crippen molar-refractivity contribution in [2.45, 2.75) is 13.8 Å². The molecule has 4 heteroatoms. The summed E-state index contributed by atoms with van der Waals surface area (Å²) in [7, 11) is 1.92. The van der Waals surface area contributed by atoms with Crippen LogP contribution in [0.5, 0.6) is 0 Å². The zero-order valence-corrected chi connectivity index (χ0v) is 11.9. The van der Waals surface area contributed by atoms with Gasteiger partial charge in [0.1, 0.15) is 0 Å². The maximum absolute atomic E-state index is 11.1. The van der Waals surface area contributed by atoms with E-state index in [4.69, 9.17) is 5.11 Å². The Hall–Kier alpha value is -1.03. The maximum atomic E-state index is 11.1. The van der Waals surface area contributed by atoms with Crippen molar-refractivity contribution >= 4 is 27.6 Å². The predicted molar refractivity (Wildman–Crippen MR) is 73.4 cm³/mol. The molecule has 17 heavy (non-hydrogen) atoms. The van der Waals surface area contributed by atoms with Gasteiger partial charge in [-0.2, -0.15) is 0 Å². The molecule has 1 atom stereocenters. The van der Waals surface area contributed by atoms with Gasteiger partial charge in [-0.3, -0.25) is 4.79 Å². The third kappa shape index (κ3) is 4.04. The summed E-state index contributed by atoms with van der Waals surface area (Å²) in [6.45, 7) is 4.40. The first-order chi connectivity index (χ1) is 7.91. The van der Waals surface area contributed by atoms with Crippen LogP contribution >= 0.6 is 15.9 Å². The van der Waals surface area contributed by atoms with Crippen LogP contribution in [0, 0.1) is 11.8 Å². The maximum Gasteiger partial charge on any atom is 0.308 e. The van der Waals surface area contributed by atoms with Crippen molar-refractivity contribution < 1.29 is 9.90 Å². The Labute approximate surface area is 111 Å². The van der Waals surface area contributed by atoms with Crippen molar-refractivity contribution in [1.29, 1.82) is 0 Å². The van der Waals surface area contributed by atoms with Gasteiger partial charge in [0.05, 0.1) is 5.92 Å². The van der Waals surface area contributed by atoms with Crippen molar-refractivity contribution in [3.05, 3.63) is 28.7 Å². The summed E-state index contributed by atoms with van der Waals surface area (Å²) in [6, 6.07) is 7.86. The van der Waals surface area contributed by atoms with Crippen molar-refractivity contribution in [2.75, 3.05) is 18.5 Å². The quantitative estimate of drug-likeness (QED) is 0.907. The van der Waals surface area contributed by atoms with E-state index in [1.807, 2.05) is 50.1 Å². The summed E-state index contributed by atoms with van der Waals surface area (Å²) >= 11 is 3.38. The van der Waals surface area contributed by atoms with Crippen LogP contribution in [0.2, 0.25) is 0 Å². The largest absolute Gasteiger partial charge is 0.481 e. The van der Waals surface area contributed by atoms with Gasteiger partial charge in [-0.1, -0.05) is 29.8 Å². The van der Waals surface area contributed by atoms with Crippen LogP contribution in [0.25, 0.3) is 0 Å². The highest BCUT2D eigenvalue weighted by atomic mass is 79.9. The molecule has 0 radical (unpaired) electrons. The van der Waals surface area contributed by atoms with E-state index in [2.05, 4.69) is 15.9 Å². The first kappa shape index (κ1) is 14.0. The molecule has 3 nitrogen and oxygen atoms in total. The average molecular weight is 300 g/mol. The molecule has 1 N–H and O–H groups in total. The number of halogens is 1. The van der Waals surface area contributed by atoms with E-state index in [0.29, 0.717) is 6.54 Å². The summed E-state index contributed by atoms with van der Waals surface area (Å²) < 4.78 is 1.02. The van der Waals surface area contributed by atoms with Gasteiger partial charge in [0, 0.05) is 23.8 Å². The predicted octanol–water partition coefficient (Wildman–Crippen LogP) is 3.24. The van der Waals surface area contributed by atoms with E-state index in [0.717, 1.165) is 10.2 Å². The van der Waals surface area contributed by atoms with Crippen LogP contribution in [0.3, 0.4) is 0 Å². The van der Waals surface area contributed by atoms with E-state index in [1.54, 1.807) is 0 Å². The molecule has 0 bridgehead atoms. The van der Waals surface area contributed by atoms with Gasteiger partial charge in [-0.15, -0.1) is 0 Å². The standard InChI is InChI=1S/C13H18BrNO2/c1-9(2)12(13(16)17)8-15(3)11-6-4-10(14)5-7-11/h4-7,9,12H,8H2,1-3H3,(H,16,17). The molecule has 0 saturated carbocycles. The van der Waals surface area contributed by atoms with Gasteiger partial charge >= 0.3 is 5.97 Å². The van der Waals surface area contributed by atoms with Crippen LogP contribution in [0.15, 0.2) is 28.7 Å². The number of aliphatic carboxylic acids is 1. The molecule has 1 unspecified atom stereocenters. The topological polar surface area (TPSA) is 40.5 Å². The van der Waals surface area contributed by atoms with Crippen LogP contribution in [0.1, 0.15) is 13.8 Å². The first-order valence-corrected chi connectivity index (χ1v) is 6.40. The molecule has 1 aromatic carbocycles. The van der Waals surface area contributed by atoms with Crippen LogP contribution < -0.4 is 4.90 Å². The lowest BCUT2D eigenvalue weighted by Gasteiger charge is -2.25. The lowest BCUT2D eigenvalue weighted by atomic mass is 9.95. The Bertz CT molecular complexity index is 376. The first-order valence-electron chi connectivity index (χ1n) is 5.61. The molecular formula is C13H18BrNO2. The minimum atomic E-state index is -0.732. The monoisotopic (exact) mass is 299 g/mol. The van der Waals surface area contributed by atoms with Crippen molar-refractivity contribution in [2.24, 2.45) is 11.8 Å². The number of carbonyl (C=O) groups is 1. The minimum Gasteiger partial charge on any atom is -0.481 e. The highest BCUT2D eigenvalue weighted by Gasteiger charge is 2.23. The Morgan fingerprint density at radius 3 is 2.29 bits per heavy atom. The number of hydrogen-bond acceptors (Lipinski definition) is 2. The molecule has 0 amide bonds. The Balaban J connectivity index is 2.73. The molecular weight excluding hydrogens is 282 g/mol. The number of nitrogens with zero attached hydrogens (tertiary/aromatic N) is 1. The second kappa shape index (κ2) is 6.05. The summed E-state index contributed by atoms with van der Waals surface area (Å²) in [6.07, 6.45) is 0. The Morgan fingerprint density at radius 2 is 1.88 bits per heavy atom. The van der Waals surface area contributed by atoms with Crippen molar-refractivity contribution in [3.63, 3.8) is 0 Å². The average Bonchev–Trinajstić information content (AvgIpc) is 2.25. The van der Waals surface area contributed by atoms with Gasteiger partial charge in [0.25, 0.3) is 0 Å². The van der Waals surface area contributed by atoms with Crippen molar-refractivity contribution in [1.82, 2.24) is 0 Å². The molecule has 0 fully saturated rings. The number of hydrogen-bond donors (Lipinski definition) is 1. The summed E-state index contributed by atoms with van der Waals surface area (Å²) in [4.78, 5) is 13.1. The van der Waals surface area contributed by atoms with Gasteiger partial charge in [0.15, 0.2) is 0 Å². The SMILES string of the molecule is CC(C)C(CN(C)c1ccc(Br)cc1)C(=O)O. The number of anilines is 1. The smallest absolute Gasteiger partial charge is 0.308 e. The fraction of sp³-hybridized carbons (Fsp3) is 0.462. The van der Waals surface area contributed by atoms with Crippen LogP contribution in [-0.2, 0) is 4.79 Å². The molecule has 0 aliphatic rings. The lowest BCUT2D eigenvalue weighted by molar-refractivity contribution is -0.142. The summed E-state index contributed by atoms with van der Waals surface area (Å²) in [5, 5.41) is 9.15. The molecule has 0 spiro atoms. The second-order valence-electron chi connectivity index (χ2n) is 4.55. The van der Waals surface area contributed by atoms with Gasteiger partial charge in [-0.25, -0.2) is 0 Å². The molecule has 1 rings (SSSR count). The molecule has 1 aromatic rings. The van der Waals surface area contributed by atoms with Crippen molar-refractivity contribution in [3.8, 4) is 0 Å². The molecule has 0 aliphatic heterocycles. The van der Waals surface area contributed by atoms with Crippen LogP contribution in [0.4, 0.5) is 5.69 Å². The molecule has 0 aliphatic carbocycles. The number of rotatable bonds is 5. The Morgan fingerprint density at radius 1 is 1.35 bits per heavy atom. The molecule has 0 aromatic heterocycles. The third-order valence-corrected chi connectivity index (χ3v) is 3.39. The van der Waals surface area contributed by atoms with E-state index in [1.165, 1.54) is 0 Å².